The SMILES string of the molecule is CC=C/C(=C\C)C(C)=NCC. The number of hydrogen-bond donors (Lipinski definition) is 0. The van der Waals surface area contributed by atoms with Gasteiger partial charge in [-0.1, -0.05) is 18.2 Å². The van der Waals surface area contributed by atoms with Gasteiger partial charge in [0.25, 0.3) is 0 Å². The Labute approximate surface area is 69.5 Å². The third-order valence-electron chi connectivity index (χ3n) is 1.47. The highest BCUT2D eigenvalue weighted by Gasteiger charge is 1.92. The monoisotopic (exact) mass is 151 g/mol. The number of aliphatic imine (C=N–C) groups is 1. The standard InChI is InChI=1S/C10H17N/c1-5-8-10(6-2)9(4)11-7-3/h5-6,8H,7H2,1-4H3/b8-5?,10-6+,11-9?. The Morgan fingerprint density at radius 3 is 2.36 bits per heavy atom. The van der Waals surface area contributed by atoms with Crippen LogP contribution < -0.4 is 0 Å². The van der Waals surface area contributed by atoms with Crippen LogP contribution in [-0.4, -0.2) is 12.3 Å². The van der Waals surface area contributed by atoms with Gasteiger partial charge in [-0.05, 0) is 33.3 Å². The zero-order valence-electron chi connectivity index (χ0n) is 7.89. The Morgan fingerprint density at radius 2 is 2.00 bits per heavy atom. The Kier molecular flexibility index (Phi) is 5.44. The van der Waals surface area contributed by atoms with Crippen LogP contribution >= 0.6 is 0 Å². The molecule has 62 valence electrons. The van der Waals surface area contributed by atoms with E-state index in [-0.39, 0.29) is 0 Å². The van der Waals surface area contributed by atoms with E-state index in [0.717, 1.165) is 12.3 Å². The molecular weight excluding hydrogens is 134 g/mol. The first-order chi connectivity index (χ1) is 5.26. The van der Waals surface area contributed by atoms with Crippen LogP contribution in [0.2, 0.25) is 0 Å². The van der Waals surface area contributed by atoms with Gasteiger partial charge in [-0.3, -0.25) is 4.99 Å². The van der Waals surface area contributed by atoms with Gasteiger partial charge in [0.2, 0.25) is 0 Å². The van der Waals surface area contributed by atoms with Crippen LogP contribution in [-0.2, 0) is 0 Å². The summed E-state index contributed by atoms with van der Waals surface area (Å²) in [7, 11) is 0. The van der Waals surface area contributed by atoms with E-state index in [1.54, 1.807) is 0 Å². The van der Waals surface area contributed by atoms with Crippen molar-refractivity contribution in [1.29, 1.82) is 0 Å². The Hall–Kier alpha value is -0.850. The van der Waals surface area contributed by atoms with Crippen molar-refractivity contribution in [3.05, 3.63) is 23.8 Å². The number of hydrogen-bond acceptors (Lipinski definition) is 1. The summed E-state index contributed by atoms with van der Waals surface area (Å²) in [4.78, 5) is 4.31. The molecule has 0 fully saturated rings. The van der Waals surface area contributed by atoms with Crippen LogP contribution in [0, 0.1) is 0 Å². The fourth-order valence-electron chi connectivity index (χ4n) is 0.934. The summed E-state index contributed by atoms with van der Waals surface area (Å²) in [6, 6.07) is 0. The van der Waals surface area contributed by atoms with Gasteiger partial charge in [-0.25, -0.2) is 0 Å². The van der Waals surface area contributed by atoms with E-state index in [1.165, 1.54) is 5.57 Å². The predicted octanol–water partition coefficient (Wildman–Crippen LogP) is 2.99. The van der Waals surface area contributed by atoms with E-state index >= 15 is 0 Å². The molecule has 0 aromatic rings. The van der Waals surface area contributed by atoms with Gasteiger partial charge < -0.3 is 0 Å². The van der Waals surface area contributed by atoms with Crippen molar-refractivity contribution in [2.45, 2.75) is 27.7 Å². The Balaban J connectivity index is 4.40. The van der Waals surface area contributed by atoms with Gasteiger partial charge >= 0.3 is 0 Å². The average Bonchev–Trinajstić information content (AvgIpc) is 2.00. The molecule has 0 aliphatic carbocycles. The van der Waals surface area contributed by atoms with Crippen molar-refractivity contribution < 1.29 is 0 Å². The maximum absolute atomic E-state index is 4.31. The molecule has 0 spiro atoms. The largest absolute Gasteiger partial charge is 0.290 e. The van der Waals surface area contributed by atoms with Gasteiger partial charge in [-0.2, -0.15) is 0 Å². The summed E-state index contributed by atoms with van der Waals surface area (Å²) in [5.41, 5.74) is 2.34. The average molecular weight is 151 g/mol. The third kappa shape index (κ3) is 3.76. The molecule has 0 saturated carbocycles. The van der Waals surface area contributed by atoms with Crippen LogP contribution in [0.1, 0.15) is 27.7 Å². The van der Waals surface area contributed by atoms with Crippen molar-refractivity contribution in [2.24, 2.45) is 4.99 Å². The molecule has 0 aromatic heterocycles. The van der Waals surface area contributed by atoms with Crippen LogP contribution in [0.5, 0.6) is 0 Å². The fraction of sp³-hybridized carbons (Fsp3) is 0.500. The fourth-order valence-corrected chi connectivity index (χ4v) is 0.934. The van der Waals surface area contributed by atoms with Crippen LogP contribution in [0.25, 0.3) is 0 Å². The van der Waals surface area contributed by atoms with E-state index in [2.05, 4.69) is 17.1 Å². The number of rotatable bonds is 3. The second kappa shape index (κ2) is 5.90. The summed E-state index contributed by atoms with van der Waals surface area (Å²) in [5.74, 6) is 0. The molecule has 0 N–H and O–H groups in total. The van der Waals surface area contributed by atoms with E-state index in [4.69, 9.17) is 0 Å². The van der Waals surface area contributed by atoms with Gasteiger partial charge in [0, 0.05) is 12.3 Å². The Bertz CT molecular complexity index is 185. The molecule has 0 atom stereocenters. The summed E-state index contributed by atoms with van der Waals surface area (Å²) >= 11 is 0. The van der Waals surface area contributed by atoms with Gasteiger partial charge in [0.1, 0.15) is 0 Å². The minimum absolute atomic E-state index is 0.862. The normalized spacial score (nSPS) is 14.5. The smallest absolute Gasteiger partial charge is 0.0386 e. The second-order valence-corrected chi connectivity index (χ2v) is 2.30. The van der Waals surface area contributed by atoms with Crippen molar-refractivity contribution in [3.63, 3.8) is 0 Å². The minimum Gasteiger partial charge on any atom is -0.290 e. The summed E-state index contributed by atoms with van der Waals surface area (Å²) in [6.07, 6.45) is 6.19. The first-order valence-corrected chi connectivity index (χ1v) is 4.06. The lowest BCUT2D eigenvalue weighted by molar-refractivity contribution is 1.12. The first kappa shape index (κ1) is 10.2. The third-order valence-corrected chi connectivity index (χ3v) is 1.47. The summed E-state index contributed by atoms with van der Waals surface area (Å²) in [5, 5.41) is 0. The lowest BCUT2D eigenvalue weighted by atomic mass is 10.1. The molecule has 0 aromatic carbocycles. The minimum atomic E-state index is 0.862. The molecule has 0 amide bonds. The van der Waals surface area contributed by atoms with Gasteiger partial charge in [-0.15, -0.1) is 0 Å². The van der Waals surface area contributed by atoms with Gasteiger partial charge in [0.05, 0.1) is 0 Å². The molecule has 11 heavy (non-hydrogen) atoms. The van der Waals surface area contributed by atoms with Crippen LogP contribution in [0.4, 0.5) is 0 Å². The highest BCUT2D eigenvalue weighted by molar-refractivity contribution is 6.00. The van der Waals surface area contributed by atoms with Crippen molar-refractivity contribution in [3.8, 4) is 0 Å². The molecular formula is C10H17N. The number of nitrogens with zero attached hydrogens (tertiary/aromatic N) is 1. The molecule has 1 nitrogen and oxygen atoms in total. The van der Waals surface area contributed by atoms with Crippen molar-refractivity contribution >= 4 is 5.71 Å². The quantitative estimate of drug-likeness (QED) is 0.434. The molecule has 0 aliphatic heterocycles. The van der Waals surface area contributed by atoms with E-state index in [0.29, 0.717) is 0 Å². The molecule has 0 aliphatic rings. The molecule has 0 unspecified atom stereocenters. The molecule has 0 bridgehead atoms. The molecule has 0 radical (unpaired) electrons. The highest BCUT2D eigenvalue weighted by atomic mass is 14.7. The lowest BCUT2D eigenvalue weighted by Gasteiger charge is -1.98. The maximum atomic E-state index is 4.31. The molecule has 0 rings (SSSR count). The second-order valence-electron chi connectivity index (χ2n) is 2.30. The van der Waals surface area contributed by atoms with Crippen molar-refractivity contribution in [1.82, 2.24) is 0 Å². The van der Waals surface area contributed by atoms with E-state index in [9.17, 15) is 0 Å². The van der Waals surface area contributed by atoms with Crippen LogP contribution in [0.15, 0.2) is 28.8 Å². The molecule has 1 heteroatoms. The van der Waals surface area contributed by atoms with E-state index in [1.807, 2.05) is 33.8 Å². The molecule has 0 heterocycles. The highest BCUT2D eigenvalue weighted by Crippen LogP contribution is 2.00. The van der Waals surface area contributed by atoms with E-state index < -0.39 is 0 Å². The zero-order valence-corrected chi connectivity index (χ0v) is 7.89. The lowest BCUT2D eigenvalue weighted by Crippen LogP contribution is -1.94. The predicted molar refractivity (Wildman–Crippen MR) is 52.2 cm³/mol. The van der Waals surface area contributed by atoms with Crippen LogP contribution in [0.3, 0.4) is 0 Å². The zero-order chi connectivity index (χ0) is 8.69. The van der Waals surface area contributed by atoms with Crippen molar-refractivity contribution in [2.75, 3.05) is 6.54 Å². The maximum Gasteiger partial charge on any atom is 0.0386 e. The topological polar surface area (TPSA) is 12.4 Å². The number of allylic oxidation sites excluding steroid dienone is 4. The summed E-state index contributed by atoms with van der Waals surface area (Å²) in [6.45, 7) is 9.00. The molecule has 0 saturated heterocycles. The first-order valence-electron chi connectivity index (χ1n) is 4.06. The van der Waals surface area contributed by atoms with Gasteiger partial charge in [0.15, 0.2) is 0 Å². The Morgan fingerprint density at radius 1 is 1.36 bits per heavy atom. The summed E-state index contributed by atoms with van der Waals surface area (Å²) < 4.78 is 0.